The summed E-state index contributed by atoms with van der Waals surface area (Å²) in [7, 11) is 0. The van der Waals surface area contributed by atoms with Crippen LogP contribution in [0.25, 0.3) is 10.8 Å². The Balaban J connectivity index is 2.09. The molecule has 0 fully saturated rings. The molecular weight excluding hydrogens is 362 g/mol. The summed E-state index contributed by atoms with van der Waals surface area (Å²) in [5.41, 5.74) is 3.02. The number of benzene rings is 2. The van der Waals surface area contributed by atoms with Gasteiger partial charge in [0.25, 0.3) is 11.5 Å². The smallest absolute Gasteiger partial charge is 0.276 e. The predicted octanol–water partition coefficient (Wildman–Crippen LogP) is 5.13. The second-order valence-electron chi connectivity index (χ2n) is 8.25. The van der Waals surface area contributed by atoms with Gasteiger partial charge in [-0.2, -0.15) is 5.10 Å². The van der Waals surface area contributed by atoms with Crippen LogP contribution in [0, 0.1) is 12.8 Å². The Bertz CT molecular complexity index is 1100. The van der Waals surface area contributed by atoms with Crippen molar-refractivity contribution in [3.63, 3.8) is 0 Å². The van der Waals surface area contributed by atoms with Gasteiger partial charge in [0.05, 0.1) is 5.39 Å². The Morgan fingerprint density at radius 1 is 1.03 bits per heavy atom. The van der Waals surface area contributed by atoms with Crippen molar-refractivity contribution in [1.29, 1.82) is 0 Å². The minimum absolute atomic E-state index is 0.156. The summed E-state index contributed by atoms with van der Waals surface area (Å²) in [6, 6.07) is 13.2. The van der Waals surface area contributed by atoms with Gasteiger partial charge in [-0.1, -0.05) is 64.1 Å². The fraction of sp³-hybridized carbons (Fsp3) is 0.375. The molecule has 1 amide bonds. The van der Waals surface area contributed by atoms with E-state index in [1.54, 1.807) is 12.1 Å². The number of nitrogens with one attached hydrogen (secondary N) is 1. The van der Waals surface area contributed by atoms with Crippen LogP contribution in [0.3, 0.4) is 0 Å². The van der Waals surface area contributed by atoms with Crippen LogP contribution in [-0.4, -0.2) is 15.7 Å². The first-order valence-corrected chi connectivity index (χ1v) is 10.2. The van der Waals surface area contributed by atoms with E-state index in [-0.39, 0.29) is 23.1 Å². The molecule has 0 spiro atoms. The third-order valence-electron chi connectivity index (χ3n) is 5.17. The van der Waals surface area contributed by atoms with E-state index in [2.05, 4.69) is 38.1 Å². The van der Waals surface area contributed by atoms with E-state index >= 15 is 0 Å². The number of rotatable bonds is 6. The monoisotopic (exact) mass is 391 g/mol. The average Bonchev–Trinajstić information content (AvgIpc) is 2.68. The van der Waals surface area contributed by atoms with Crippen molar-refractivity contribution in [3.05, 3.63) is 69.6 Å². The summed E-state index contributed by atoms with van der Waals surface area (Å²) in [5, 5.41) is 8.63. The molecule has 2 aromatic carbocycles. The molecule has 0 saturated heterocycles. The van der Waals surface area contributed by atoms with Gasteiger partial charge in [0.2, 0.25) is 0 Å². The fourth-order valence-corrected chi connectivity index (χ4v) is 3.45. The number of hydrogen-bond donors (Lipinski definition) is 1. The maximum absolute atomic E-state index is 13.3. The van der Waals surface area contributed by atoms with Gasteiger partial charge in [-0.25, -0.2) is 4.68 Å². The molecule has 0 saturated carbocycles. The maximum atomic E-state index is 13.3. The zero-order valence-corrected chi connectivity index (χ0v) is 17.8. The third kappa shape index (κ3) is 4.39. The molecule has 0 unspecified atom stereocenters. The van der Waals surface area contributed by atoms with Crippen LogP contribution in [0.2, 0.25) is 0 Å². The number of anilines is 1. The van der Waals surface area contributed by atoms with Crippen molar-refractivity contribution < 1.29 is 4.79 Å². The van der Waals surface area contributed by atoms with Crippen molar-refractivity contribution in [2.45, 2.75) is 53.5 Å². The van der Waals surface area contributed by atoms with Gasteiger partial charge in [0.15, 0.2) is 5.69 Å². The lowest BCUT2D eigenvalue weighted by Crippen LogP contribution is -2.28. The van der Waals surface area contributed by atoms with Crippen molar-refractivity contribution in [3.8, 4) is 0 Å². The lowest BCUT2D eigenvalue weighted by molar-refractivity contribution is 0.102. The SMILES string of the molecule is Cc1cccc(C(C)C)c1NC(=O)c1nn(CCC(C)C)c(=O)c2ccccc12. The van der Waals surface area contributed by atoms with Crippen LogP contribution in [0.15, 0.2) is 47.3 Å². The van der Waals surface area contributed by atoms with Crippen LogP contribution in [0.4, 0.5) is 5.69 Å². The highest BCUT2D eigenvalue weighted by atomic mass is 16.2. The molecule has 1 aromatic heterocycles. The number of nitrogens with zero attached hydrogens (tertiary/aromatic N) is 2. The lowest BCUT2D eigenvalue weighted by atomic mass is 9.98. The van der Waals surface area contributed by atoms with E-state index in [4.69, 9.17) is 0 Å². The van der Waals surface area contributed by atoms with Gasteiger partial charge in [-0.05, 0) is 42.4 Å². The highest BCUT2D eigenvalue weighted by Gasteiger charge is 2.19. The number of hydrogen-bond acceptors (Lipinski definition) is 3. The summed E-state index contributed by atoms with van der Waals surface area (Å²) in [5.74, 6) is 0.415. The highest BCUT2D eigenvalue weighted by molar-refractivity contribution is 6.11. The Morgan fingerprint density at radius 2 is 1.72 bits per heavy atom. The molecule has 152 valence electrons. The first-order valence-electron chi connectivity index (χ1n) is 10.2. The quantitative estimate of drug-likeness (QED) is 0.634. The van der Waals surface area contributed by atoms with E-state index in [1.807, 2.05) is 37.3 Å². The molecular formula is C24H29N3O2. The molecule has 0 aliphatic heterocycles. The first-order chi connectivity index (χ1) is 13.8. The van der Waals surface area contributed by atoms with Gasteiger partial charge in [-0.3, -0.25) is 9.59 Å². The number of amides is 1. The van der Waals surface area contributed by atoms with Crippen LogP contribution in [0.5, 0.6) is 0 Å². The first kappa shape index (κ1) is 20.8. The number of aromatic nitrogens is 2. The van der Waals surface area contributed by atoms with Crippen LogP contribution in [0.1, 0.15) is 61.6 Å². The van der Waals surface area contributed by atoms with Crippen molar-refractivity contribution in [2.24, 2.45) is 5.92 Å². The van der Waals surface area contributed by atoms with Crippen molar-refractivity contribution in [1.82, 2.24) is 9.78 Å². The van der Waals surface area contributed by atoms with Gasteiger partial charge in [0, 0.05) is 17.6 Å². The molecule has 3 aromatic rings. The highest BCUT2D eigenvalue weighted by Crippen LogP contribution is 2.28. The van der Waals surface area contributed by atoms with E-state index < -0.39 is 0 Å². The zero-order valence-electron chi connectivity index (χ0n) is 17.8. The summed E-state index contributed by atoms with van der Waals surface area (Å²) >= 11 is 0. The average molecular weight is 392 g/mol. The largest absolute Gasteiger partial charge is 0.320 e. The molecule has 1 N–H and O–H groups in total. The molecule has 0 radical (unpaired) electrons. The summed E-state index contributed by atoms with van der Waals surface area (Å²) < 4.78 is 1.43. The number of para-hydroxylation sites is 1. The molecule has 0 bridgehead atoms. The Kier molecular flexibility index (Phi) is 6.16. The number of fused-ring (bicyclic) bond motifs is 1. The lowest BCUT2D eigenvalue weighted by Gasteiger charge is -2.17. The predicted molar refractivity (Wildman–Crippen MR) is 119 cm³/mol. The van der Waals surface area contributed by atoms with Crippen LogP contribution < -0.4 is 10.9 Å². The van der Waals surface area contributed by atoms with Crippen molar-refractivity contribution >= 4 is 22.4 Å². The number of carbonyl (C=O) groups excluding carboxylic acids is 1. The zero-order chi connectivity index (χ0) is 21.1. The van der Waals surface area contributed by atoms with E-state index in [0.29, 0.717) is 23.2 Å². The second kappa shape index (κ2) is 8.60. The van der Waals surface area contributed by atoms with Gasteiger partial charge < -0.3 is 5.32 Å². The summed E-state index contributed by atoms with van der Waals surface area (Å²) in [4.78, 5) is 26.1. The van der Waals surface area contributed by atoms with E-state index in [1.165, 1.54) is 4.68 Å². The molecule has 1 heterocycles. The Hall–Kier alpha value is -2.95. The van der Waals surface area contributed by atoms with E-state index in [9.17, 15) is 9.59 Å². The molecule has 0 atom stereocenters. The summed E-state index contributed by atoms with van der Waals surface area (Å²) in [6.45, 7) is 10.9. The molecule has 5 nitrogen and oxygen atoms in total. The summed E-state index contributed by atoms with van der Waals surface area (Å²) in [6.07, 6.45) is 0.821. The Labute approximate surface area is 171 Å². The minimum atomic E-state index is -0.296. The van der Waals surface area contributed by atoms with Crippen molar-refractivity contribution in [2.75, 3.05) is 5.32 Å². The molecule has 29 heavy (non-hydrogen) atoms. The minimum Gasteiger partial charge on any atom is -0.320 e. The van der Waals surface area contributed by atoms with Gasteiger partial charge >= 0.3 is 0 Å². The van der Waals surface area contributed by atoms with Crippen LogP contribution in [-0.2, 0) is 6.54 Å². The van der Waals surface area contributed by atoms with Crippen LogP contribution >= 0.6 is 0 Å². The second-order valence-corrected chi connectivity index (χ2v) is 8.25. The topological polar surface area (TPSA) is 64.0 Å². The number of aryl methyl sites for hydroxylation is 2. The van der Waals surface area contributed by atoms with E-state index in [0.717, 1.165) is 23.2 Å². The molecule has 0 aliphatic rings. The normalized spacial score (nSPS) is 11.4. The third-order valence-corrected chi connectivity index (χ3v) is 5.17. The molecule has 5 heteroatoms. The maximum Gasteiger partial charge on any atom is 0.276 e. The standard InChI is InChI=1S/C24H29N3O2/c1-15(2)13-14-27-24(29)20-11-7-6-10-19(20)22(26-27)23(28)25-21-17(5)9-8-12-18(21)16(3)4/h6-12,15-16H,13-14H2,1-5H3,(H,25,28). The fourth-order valence-electron chi connectivity index (χ4n) is 3.45. The Morgan fingerprint density at radius 3 is 2.38 bits per heavy atom. The van der Waals surface area contributed by atoms with Gasteiger partial charge in [-0.15, -0.1) is 0 Å². The molecule has 0 aliphatic carbocycles. The van der Waals surface area contributed by atoms with Gasteiger partial charge in [0.1, 0.15) is 0 Å². The number of carbonyl (C=O) groups is 1. The molecule has 3 rings (SSSR count).